The van der Waals surface area contributed by atoms with Crippen LogP contribution in [-0.4, -0.2) is 105 Å². The minimum Gasteiger partial charge on any atom is -0.379 e. The van der Waals surface area contributed by atoms with Crippen LogP contribution in [0.25, 0.3) is 0 Å². The molecule has 9 heteroatoms. The van der Waals surface area contributed by atoms with Gasteiger partial charge in [0.25, 0.3) is 10.2 Å². The SMILES string of the molecule is CN1CCN(C(=O)C2CCN(S(=O)(=O)N3CCOCC3)CC2)CC1. The zero-order valence-electron chi connectivity index (χ0n) is 14.4. The second-order valence-electron chi connectivity index (χ2n) is 6.82. The fourth-order valence-electron chi connectivity index (χ4n) is 3.56. The van der Waals surface area contributed by atoms with Gasteiger partial charge in [0.15, 0.2) is 0 Å². The van der Waals surface area contributed by atoms with E-state index in [9.17, 15) is 13.2 Å². The van der Waals surface area contributed by atoms with Crippen molar-refractivity contribution in [2.45, 2.75) is 12.8 Å². The van der Waals surface area contributed by atoms with E-state index in [0.717, 1.165) is 26.2 Å². The number of morpholine rings is 1. The third kappa shape index (κ3) is 3.91. The van der Waals surface area contributed by atoms with E-state index in [1.807, 2.05) is 4.90 Å². The van der Waals surface area contributed by atoms with Crippen molar-refractivity contribution in [3.63, 3.8) is 0 Å². The lowest BCUT2D eigenvalue weighted by molar-refractivity contribution is -0.138. The highest BCUT2D eigenvalue weighted by molar-refractivity contribution is 7.86. The Morgan fingerprint density at radius 3 is 2.00 bits per heavy atom. The lowest BCUT2D eigenvalue weighted by Crippen LogP contribution is -2.53. The first kappa shape index (κ1) is 18.1. The van der Waals surface area contributed by atoms with E-state index in [-0.39, 0.29) is 11.8 Å². The zero-order chi connectivity index (χ0) is 17.2. The highest BCUT2D eigenvalue weighted by Crippen LogP contribution is 2.24. The molecule has 3 rings (SSSR count). The van der Waals surface area contributed by atoms with Crippen LogP contribution in [0.15, 0.2) is 0 Å². The van der Waals surface area contributed by atoms with Crippen molar-refractivity contribution in [2.24, 2.45) is 5.92 Å². The van der Waals surface area contributed by atoms with Crippen LogP contribution < -0.4 is 0 Å². The van der Waals surface area contributed by atoms with Crippen LogP contribution in [0.1, 0.15) is 12.8 Å². The number of hydrogen-bond acceptors (Lipinski definition) is 5. The smallest absolute Gasteiger partial charge is 0.282 e. The highest BCUT2D eigenvalue weighted by Gasteiger charge is 2.36. The van der Waals surface area contributed by atoms with Gasteiger partial charge in [0.2, 0.25) is 5.91 Å². The molecule has 0 aromatic carbocycles. The summed E-state index contributed by atoms with van der Waals surface area (Å²) in [6, 6.07) is 0. The molecule has 0 aromatic rings. The Morgan fingerprint density at radius 2 is 1.42 bits per heavy atom. The van der Waals surface area contributed by atoms with Crippen molar-refractivity contribution < 1.29 is 17.9 Å². The largest absolute Gasteiger partial charge is 0.379 e. The first-order valence-electron chi connectivity index (χ1n) is 8.79. The van der Waals surface area contributed by atoms with Gasteiger partial charge >= 0.3 is 0 Å². The van der Waals surface area contributed by atoms with Crippen molar-refractivity contribution in [1.29, 1.82) is 0 Å². The van der Waals surface area contributed by atoms with Gasteiger partial charge in [0, 0.05) is 58.3 Å². The molecule has 3 heterocycles. The summed E-state index contributed by atoms with van der Waals surface area (Å²) in [5, 5.41) is 0. The molecule has 138 valence electrons. The van der Waals surface area contributed by atoms with E-state index >= 15 is 0 Å². The third-order valence-corrected chi connectivity index (χ3v) is 7.28. The van der Waals surface area contributed by atoms with E-state index in [0.29, 0.717) is 52.2 Å². The number of hydrogen-bond donors (Lipinski definition) is 0. The number of carbonyl (C=O) groups excluding carboxylic acids is 1. The van der Waals surface area contributed by atoms with Gasteiger partial charge in [-0.1, -0.05) is 0 Å². The average Bonchev–Trinajstić information content (AvgIpc) is 2.62. The monoisotopic (exact) mass is 360 g/mol. The van der Waals surface area contributed by atoms with Crippen molar-refractivity contribution in [3.05, 3.63) is 0 Å². The van der Waals surface area contributed by atoms with Crippen molar-refractivity contribution in [1.82, 2.24) is 18.4 Å². The van der Waals surface area contributed by atoms with Crippen molar-refractivity contribution in [2.75, 3.05) is 72.6 Å². The molecule has 0 bridgehead atoms. The Hall–Kier alpha value is -0.740. The molecular formula is C15H28N4O4S. The van der Waals surface area contributed by atoms with Crippen LogP contribution in [-0.2, 0) is 19.7 Å². The zero-order valence-corrected chi connectivity index (χ0v) is 15.2. The van der Waals surface area contributed by atoms with Crippen molar-refractivity contribution in [3.8, 4) is 0 Å². The minimum atomic E-state index is -3.41. The standard InChI is InChI=1S/C15H28N4O4S/c1-16-6-8-17(9-7-16)15(20)14-2-4-18(5-3-14)24(21,22)19-10-12-23-13-11-19/h14H,2-13H2,1H3. The first-order chi connectivity index (χ1) is 11.5. The number of nitrogens with zero attached hydrogens (tertiary/aromatic N) is 4. The average molecular weight is 360 g/mol. The molecular weight excluding hydrogens is 332 g/mol. The normalized spacial score (nSPS) is 26.6. The molecule has 0 radical (unpaired) electrons. The second-order valence-corrected chi connectivity index (χ2v) is 8.75. The molecule has 1 amide bonds. The van der Waals surface area contributed by atoms with Gasteiger partial charge in [-0.3, -0.25) is 4.79 Å². The summed E-state index contributed by atoms with van der Waals surface area (Å²) < 4.78 is 33.6. The van der Waals surface area contributed by atoms with Crippen LogP contribution in [0.4, 0.5) is 0 Å². The predicted molar refractivity (Wildman–Crippen MR) is 89.7 cm³/mol. The minimum absolute atomic E-state index is 0.0375. The Bertz CT molecular complexity index is 534. The maximum Gasteiger partial charge on any atom is 0.282 e. The van der Waals surface area contributed by atoms with E-state index in [2.05, 4.69) is 11.9 Å². The number of piperidine rings is 1. The molecule has 0 N–H and O–H groups in total. The summed E-state index contributed by atoms with van der Waals surface area (Å²) in [4.78, 5) is 16.8. The lowest BCUT2D eigenvalue weighted by atomic mass is 9.96. The summed E-state index contributed by atoms with van der Waals surface area (Å²) in [5.74, 6) is 0.163. The lowest BCUT2D eigenvalue weighted by Gasteiger charge is -2.38. The fourth-order valence-corrected chi connectivity index (χ4v) is 5.17. The summed E-state index contributed by atoms with van der Waals surface area (Å²) >= 11 is 0. The number of likely N-dealkylation sites (N-methyl/N-ethyl adjacent to an activating group) is 1. The molecule has 0 aliphatic carbocycles. The fraction of sp³-hybridized carbons (Fsp3) is 0.933. The molecule has 8 nitrogen and oxygen atoms in total. The topological polar surface area (TPSA) is 73.4 Å². The maximum absolute atomic E-state index is 12.7. The molecule has 0 atom stereocenters. The molecule has 3 saturated heterocycles. The van der Waals surface area contributed by atoms with Crippen LogP contribution in [0.3, 0.4) is 0 Å². The van der Waals surface area contributed by atoms with Gasteiger partial charge < -0.3 is 14.5 Å². The van der Waals surface area contributed by atoms with Gasteiger partial charge in [-0.25, -0.2) is 0 Å². The van der Waals surface area contributed by atoms with Gasteiger partial charge in [-0.15, -0.1) is 0 Å². The summed E-state index contributed by atoms with van der Waals surface area (Å²) in [7, 11) is -1.35. The summed E-state index contributed by atoms with van der Waals surface area (Å²) in [6.07, 6.45) is 1.24. The molecule has 3 aliphatic heterocycles. The molecule has 3 fully saturated rings. The number of piperazine rings is 1. The van der Waals surface area contributed by atoms with E-state index < -0.39 is 10.2 Å². The predicted octanol–water partition coefficient (Wildman–Crippen LogP) is -0.951. The second kappa shape index (κ2) is 7.65. The number of rotatable bonds is 3. The van der Waals surface area contributed by atoms with Crippen LogP contribution in [0.2, 0.25) is 0 Å². The number of ether oxygens (including phenoxy) is 1. The Kier molecular flexibility index (Phi) is 5.76. The maximum atomic E-state index is 12.7. The molecule has 3 aliphatic rings. The quantitative estimate of drug-likeness (QED) is 0.649. The summed E-state index contributed by atoms with van der Waals surface area (Å²) in [6.45, 7) is 6.00. The Balaban J connectivity index is 1.52. The van der Waals surface area contributed by atoms with Crippen LogP contribution >= 0.6 is 0 Å². The summed E-state index contributed by atoms with van der Waals surface area (Å²) in [5.41, 5.74) is 0. The van der Waals surface area contributed by atoms with Crippen LogP contribution in [0, 0.1) is 5.92 Å². The number of amides is 1. The molecule has 0 saturated carbocycles. The third-order valence-electron chi connectivity index (χ3n) is 5.24. The molecule has 24 heavy (non-hydrogen) atoms. The van der Waals surface area contributed by atoms with Gasteiger partial charge in [0.1, 0.15) is 0 Å². The van der Waals surface area contributed by atoms with E-state index in [4.69, 9.17) is 4.74 Å². The van der Waals surface area contributed by atoms with Gasteiger partial charge in [0.05, 0.1) is 13.2 Å². The van der Waals surface area contributed by atoms with E-state index in [1.165, 1.54) is 8.61 Å². The van der Waals surface area contributed by atoms with Crippen LogP contribution in [0.5, 0.6) is 0 Å². The molecule has 0 unspecified atom stereocenters. The molecule has 0 spiro atoms. The molecule has 0 aromatic heterocycles. The Morgan fingerprint density at radius 1 is 0.875 bits per heavy atom. The Labute approximate surface area is 144 Å². The number of carbonyl (C=O) groups is 1. The van der Waals surface area contributed by atoms with Crippen molar-refractivity contribution >= 4 is 16.1 Å². The first-order valence-corrected chi connectivity index (χ1v) is 10.2. The van der Waals surface area contributed by atoms with Gasteiger partial charge in [-0.05, 0) is 19.9 Å². The van der Waals surface area contributed by atoms with E-state index in [1.54, 1.807) is 0 Å². The highest BCUT2D eigenvalue weighted by atomic mass is 32.2. The van der Waals surface area contributed by atoms with Gasteiger partial charge in [-0.2, -0.15) is 17.0 Å².